The third kappa shape index (κ3) is 2.98. The molecule has 1 rings (SSSR count). The molecule has 1 aromatic rings. The fourth-order valence-corrected chi connectivity index (χ4v) is 1.46. The number of hydrogen-bond donors (Lipinski definition) is 1. The quantitative estimate of drug-likeness (QED) is 0.847. The Hall–Kier alpha value is -1.53. The van der Waals surface area contributed by atoms with E-state index in [0.717, 1.165) is 11.1 Å². The second-order valence-electron chi connectivity index (χ2n) is 3.86. The maximum Gasteiger partial charge on any atom is 0.184 e. The van der Waals surface area contributed by atoms with E-state index in [1.165, 1.54) is 0 Å². The molecule has 86 valence electrons. The van der Waals surface area contributed by atoms with Gasteiger partial charge < -0.3 is 9.84 Å². The third-order valence-corrected chi connectivity index (χ3v) is 2.40. The molecule has 0 aromatic heterocycles. The lowest BCUT2D eigenvalue weighted by atomic mass is 10.1. The zero-order valence-corrected chi connectivity index (χ0v) is 9.90. The number of aliphatic hydroxyl groups is 1. The van der Waals surface area contributed by atoms with Crippen molar-refractivity contribution < 1.29 is 9.84 Å². The van der Waals surface area contributed by atoms with Crippen LogP contribution in [-0.4, -0.2) is 11.2 Å². The van der Waals surface area contributed by atoms with Crippen LogP contribution in [0.4, 0.5) is 0 Å². The van der Waals surface area contributed by atoms with E-state index in [0.29, 0.717) is 12.2 Å². The number of aliphatic hydroxyl groups excluding tert-OH is 1. The Morgan fingerprint density at radius 3 is 2.69 bits per heavy atom. The Bertz CT molecular complexity index is 393. The average Bonchev–Trinajstić information content (AvgIpc) is 2.27. The van der Waals surface area contributed by atoms with Gasteiger partial charge in [-0.15, -0.1) is 0 Å². The van der Waals surface area contributed by atoms with E-state index >= 15 is 0 Å². The fraction of sp³-hybridized carbons (Fsp3) is 0.462. The van der Waals surface area contributed by atoms with Gasteiger partial charge in [-0.2, -0.15) is 5.26 Å². The number of nitriles is 1. The lowest BCUT2D eigenvalue weighted by molar-refractivity contribution is 0.184. The van der Waals surface area contributed by atoms with Gasteiger partial charge >= 0.3 is 0 Å². The van der Waals surface area contributed by atoms with E-state index < -0.39 is 12.2 Å². The van der Waals surface area contributed by atoms with Crippen molar-refractivity contribution in [3.05, 3.63) is 29.3 Å². The summed E-state index contributed by atoms with van der Waals surface area (Å²) in [4.78, 5) is 0. The first-order valence-electron chi connectivity index (χ1n) is 5.43. The Morgan fingerprint density at radius 1 is 1.50 bits per heavy atom. The van der Waals surface area contributed by atoms with E-state index in [4.69, 9.17) is 10.00 Å². The zero-order chi connectivity index (χ0) is 12.1. The molecule has 2 atom stereocenters. The van der Waals surface area contributed by atoms with Gasteiger partial charge in [0, 0.05) is 5.56 Å². The molecule has 3 heteroatoms. The highest BCUT2D eigenvalue weighted by atomic mass is 16.5. The van der Waals surface area contributed by atoms with Crippen molar-refractivity contribution in [3.8, 4) is 11.8 Å². The van der Waals surface area contributed by atoms with Crippen molar-refractivity contribution in [2.75, 3.05) is 0 Å². The van der Waals surface area contributed by atoms with Gasteiger partial charge in [0.1, 0.15) is 11.8 Å². The van der Waals surface area contributed by atoms with Crippen LogP contribution >= 0.6 is 0 Å². The van der Waals surface area contributed by atoms with E-state index in [1.807, 2.05) is 26.0 Å². The maximum atomic E-state index is 9.62. The molecule has 16 heavy (non-hydrogen) atoms. The van der Waals surface area contributed by atoms with E-state index in [9.17, 15) is 5.11 Å². The molecule has 3 nitrogen and oxygen atoms in total. The molecule has 0 saturated heterocycles. The molecule has 0 spiro atoms. The number of aryl methyl sites for hydroxylation is 1. The molecule has 0 aliphatic heterocycles. The van der Waals surface area contributed by atoms with Crippen LogP contribution in [0.3, 0.4) is 0 Å². The summed E-state index contributed by atoms with van der Waals surface area (Å²) in [5, 5.41) is 18.5. The van der Waals surface area contributed by atoms with Crippen molar-refractivity contribution in [3.63, 3.8) is 0 Å². The van der Waals surface area contributed by atoms with Crippen LogP contribution < -0.4 is 4.74 Å². The summed E-state index contributed by atoms with van der Waals surface area (Å²) in [5.74, 6) is 0.592. The van der Waals surface area contributed by atoms with Gasteiger partial charge in [-0.3, -0.25) is 0 Å². The molecule has 0 heterocycles. The van der Waals surface area contributed by atoms with Gasteiger partial charge in [-0.05, 0) is 32.4 Å². The maximum absolute atomic E-state index is 9.62. The highest BCUT2D eigenvalue weighted by molar-refractivity contribution is 5.38. The Morgan fingerprint density at radius 2 is 2.19 bits per heavy atom. The molecular weight excluding hydrogens is 202 g/mol. The van der Waals surface area contributed by atoms with Crippen molar-refractivity contribution in [2.24, 2.45) is 0 Å². The number of nitrogens with zero attached hydrogens (tertiary/aromatic N) is 1. The molecule has 0 bridgehead atoms. The number of rotatable bonds is 4. The van der Waals surface area contributed by atoms with E-state index in [2.05, 4.69) is 6.07 Å². The highest BCUT2D eigenvalue weighted by Gasteiger charge is 2.13. The molecule has 1 N–H and O–H groups in total. The van der Waals surface area contributed by atoms with Crippen molar-refractivity contribution in [2.45, 2.75) is 39.4 Å². The molecule has 0 amide bonds. The summed E-state index contributed by atoms with van der Waals surface area (Å²) in [7, 11) is 0. The Kier molecular flexibility index (Phi) is 4.33. The number of benzene rings is 1. The Labute approximate surface area is 96.3 Å². The van der Waals surface area contributed by atoms with E-state index in [1.54, 1.807) is 13.0 Å². The predicted molar refractivity (Wildman–Crippen MR) is 62.1 cm³/mol. The standard InChI is InChI=1S/C13H17NO2/c1-4-11(8-14)16-13-6-5-9(2)7-12(13)10(3)15/h5-7,10-11,15H,4H2,1-3H3/t10-,11?/m0/s1. The molecule has 0 fully saturated rings. The summed E-state index contributed by atoms with van der Waals surface area (Å²) in [6.45, 7) is 5.54. The van der Waals surface area contributed by atoms with Gasteiger partial charge in [0.15, 0.2) is 6.10 Å². The van der Waals surface area contributed by atoms with Crippen LogP contribution in [0.15, 0.2) is 18.2 Å². The largest absolute Gasteiger partial charge is 0.475 e. The summed E-state index contributed by atoms with van der Waals surface area (Å²) < 4.78 is 5.54. The first kappa shape index (κ1) is 12.5. The van der Waals surface area contributed by atoms with Crippen LogP contribution in [0, 0.1) is 18.3 Å². The molecule has 1 aromatic carbocycles. The Balaban J connectivity index is 3.00. The van der Waals surface area contributed by atoms with Gasteiger partial charge in [0.2, 0.25) is 0 Å². The predicted octanol–water partition coefficient (Wildman–Crippen LogP) is 2.73. The second kappa shape index (κ2) is 5.53. The van der Waals surface area contributed by atoms with Gasteiger partial charge in [0.05, 0.1) is 6.10 Å². The van der Waals surface area contributed by atoms with Gasteiger partial charge in [-0.25, -0.2) is 0 Å². The van der Waals surface area contributed by atoms with Crippen molar-refractivity contribution >= 4 is 0 Å². The summed E-state index contributed by atoms with van der Waals surface area (Å²) in [6.07, 6.45) is -0.421. The zero-order valence-electron chi connectivity index (χ0n) is 9.90. The minimum atomic E-state index is -0.592. The highest BCUT2D eigenvalue weighted by Crippen LogP contribution is 2.27. The average molecular weight is 219 g/mol. The molecular formula is C13H17NO2. The molecule has 0 radical (unpaired) electrons. The smallest absolute Gasteiger partial charge is 0.184 e. The van der Waals surface area contributed by atoms with Crippen LogP contribution in [-0.2, 0) is 0 Å². The fourth-order valence-electron chi connectivity index (χ4n) is 1.46. The lowest BCUT2D eigenvalue weighted by Gasteiger charge is -2.16. The minimum Gasteiger partial charge on any atom is -0.475 e. The van der Waals surface area contributed by atoms with Crippen LogP contribution in [0.2, 0.25) is 0 Å². The first-order chi connectivity index (χ1) is 7.58. The lowest BCUT2D eigenvalue weighted by Crippen LogP contribution is -2.14. The molecule has 0 aliphatic carbocycles. The van der Waals surface area contributed by atoms with Crippen LogP contribution in [0.25, 0.3) is 0 Å². The minimum absolute atomic E-state index is 0.458. The topological polar surface area (TPSA) is 53.2 Å². The van der Waals surface area contributed by atoms with Gasteiger partial charge in [-0.1, -0.05) is 18.6 Å². The van der Waals surface area contributed by atoms with E-state index in [-0.39, 0.29) is 0 Å². The molecule has 0 aliphatic rings. The normalized spacial score (nSPS) is 13.9. The number of ether oxygens (including phenoxy) is 1. The van der Waals surface area contributed by atoms with Crippen LogP contribution in [0.5, 0.6) is 5.75 Å². The SMILES string of the molecule is CCC(C#N)Oc1ccc(C)cc1[C@H](C)O. The molecule has 1 unspecified atom stereocenters. The molecule has 0 saturated carbocycles. The summed E-state index contributed by atoms with van der Waals surface area (Å²) >= 11 is 0. The first-order valence-corrected chi connectivity index (χ1v) is 5.43. The van der Waals surface area contributed by atoms with Crippen molar-refractivity contribution in [1.82, 2.24) is 0 Å². The second-order valence-corrected chi connectivity index (χ2v) is 3.86. The third-order valence-electron chi connectivity index (χ3n) is 2.40. The van der Waals surface area contributed by atoms with Gasteiger partial charge in [0.25, 0.3) is 0 Å². The van der Waals surface area contributed by atoms with Crippen LogP contribution in [0.1, 0.15) is 37.5 Å². The van der Waals surface area contributed by atoms with Crippen molar-refractivity contribution in [1.29, 1.82) is 5.26 Å². The monoisotopic (exact) mass is 219 g/mol. The summed E-state index contributed by atoms with van der Waals surface area (Å²) in [6, 6.07) is 7.67. The summed E-state index contributed by atoms with van der Waals surface area (Å²) in [5.41, 5.74) is 1.79. The number of hydrogen-bond acceptors (Lipinski definition) is 3.